The van der Waals surface area contributed by atoms with Crippen molar-refractivity contribution < 1.29 is 28.9 Å². The first-order chi connectivity index (χ1) is 17.9. The van der Waals surface area contributed by atoms with Crippen molar-refractivity contribution in [3.05, 3.63) is 59.0 Å². The Morgan fingerprint density at radius 3 is 2.76 bits per heavy atom. The number of rotatable bonds is 15. The molecule has 2 aromatic rings. The third-order valence-electron chi connectivity index (χ3n) is 6.52. The van der Waals surface area contributed by atoms with Crippen LogP contribution in [-0.2, 0) is 27.2 Å². The highest BCUT2D eigenvalue weighted by Crippen LogP contribution is 2.20. The van der Waals surface area contributed by atoms with Crippen molar-refractivity contribution in [1.29, 1.82) is 0 Å². The number of aromatic nitrogens is 1. The number of carboxylic acid groups (broad SMARTS) is 1. The maximum atomic E-state index is 13.9. The standard InChI is InChI=1S/C27H37FN4O5/c1-37-18-17-32(15-5-4-8-20-12-11-19-7-6-14-29-25(19)30-20)16-13-23(27(35)36)31-26(34)24(33)21-9-2-3-10-22(21)28/h2-3,9-12,23-24,33H,4-8,13-18H2,1H3,(H,29,30)(H,31,34)(H,35,36)/t23-,24+/m0/s1. The number of fused-ring (bicyclic) bond motifs is 1. The number of nitrogens with one attached hydrogen (secondary N) is 2. The number of aliphatic hydroxyl groups excluding tert-OH is 1. The van der Waals surface area contributed by atoms with Crippen LogP contribution in [0, 0.1) is 5.82 Å². The normalized spacial score (nSPS) is 14.5. The smallest absolute Gasteiger partial charge is 0.326 e. The van der Waals surface area contributed by atoms with Crippen LogP contribution >= 0.6 is 0 Å². The Balaban J connectivity index is 1.48. The molecule has 1 aliphatic rings. The Hall–Kier alpha value is -3.08. The zero-order chi connectivity index (χ0) is 26.6. The summed E-state index contributed by atoms with van der Waals surface area (Å²) >= 11 is 0. The number of methoxy groups -OCH3 is 1. The van der Waals surface area contributed by atoms with Crippen molar-refractivity contribution >= 4 is 17.7 Å². The number of pyridine rings is 1. The number of amides is 1. The SMILES string of the molecule is COCCN(CCCCc1ccc2c(n1)NCCC2)CC[C@H](NC(=O)[C@H](O)c1ccccc1F)C(=O)O. The lowest BCUT2D eigenvalue weighted by atomic mass is 10.1. The molecule has 3 rings (SSSR count). The van der Waals surface area contributed by atoms with E-state index in [1.165, 1.54) is 23.8 Å². The molecule has 2 atom stereocenters. The predicted octanol–water partition coefficient (Wildman–Crippen LogP) is 2.54. The molecule has 1 aromatic carbocycles. The molecule has 202 valence electrons. The van der Waals surface area contributed by atoms with E-state index in [2.05, 4.69) is 27.7 Å². The van der Waals surface area contributed by atoms with E-state index >= 15 is 0 Å². The van der Waals surface area contributed by atoms with Crippen molar-refractivity contribution in [1.82, 2.24) is 15.2 Å². The quantitative estimate of drug-likeness (QED) is 0.266. The van der Waals surface area contributed by atoms with E-state index in [1.807, 2.05) is 0 Å². The summed E-state index contributed by atoms with van der Waals surface area (Å²) in [7, 11) is 1.61. The monoisotopic (exact) mass is 516 g/mol. The van der Waals surface area contributed by atoms with Crippen LogP contribution in [0.4, 0.5) is 10.2 Å². The zero-order valence-corrected chi connectivity index (χ0v) is 21.3. The molecule has 1 amide bonds. The average Bonchev–Trinajstić information content (AvgIpc) is 2.90. The van der Waals surface area contributed by atoms with Crippen molar-refractivity contribution in [3.63, 3.8) is 0 Å². The molecule has 4 N–H and O–H groups in total. The summed E-state index contributed by atoms with van der Waals surface area (Å²) in [4.78, 5) is 31.0. The van der Waals surface area contributed by atoms with Gasteiger partial charge >= 0.3 is 5.97 Å². The molecule has 9 nitrogen and oxygen atoms in total. The summed E-state index contributed by atoms with van der Waals surface area (Å²) in [5.41, 5.74) is 2.12. The summed E-state index contributed by atoms with van der Waals surface area (Å²) in [5.74, 6) is -1.90. The second kappa shape index (κ2) is 14.6. The summed E-state index contributed by atoms with van der Waals surface area (Å²) in [6.07, 6.45) is 3.21. The number of ether oxygens (including phenoxy) is 1. The third-order valence-corrected chi connectivity index (χ3v) is 6.52. The van der Waals surface area contributed by atoms with E-state index in [-0.39, 0.29) is 12.0 Å². The van der Waals surface area contributed by atoms with E-state index in [4.69, 9.17) is 9.72 Å². The largest absolute Gasteiger partial charge is 0.480 e. The fourth-order valence-corrected chi connectivity index (χ4v) is 4.36. The molecule has 0 radical (unpaired) electrons. The molecule has 0 saturated heterocycles. The molecule has 2 heterocycles. The van der Waals surface area contributed by atoms with Crippen molar-refractivity contribution in [2.75, 3.05) is 45.2 Å². The number of nitrogens with zero attached hydrogens (tertiary/aromatic N) is 2. The van der Waals surface area contributed by atoms with E-state index in [0.717, 1.165) is 62.8 Å². The van der Waals surface area contributed by atoms with Gasteiger partial charge in [0.05, 0.1) is 6.61 Å². The number of anilines is 1. The molecular formula is C27H37FN4O5. The van der Waals surface area contributed by atoms with E-state index in [9.17, 15) is 24.2 Å². The molecule has 10 heteroatoms. The van der Waals surface area contributed by atoms with Gasteiger partial charge in [-0.05, 0) is 62.8 Å². The highest BCUT2D eigenvalue weighted by atomic mass is 19.1. The molecule has 1 aromatic heterocycles. The van der Waals surface area contributed by atoms with Crippen LogP contribution in [-0.4, -0.2) is 77.9 Å². The number of benzene rings is 1. The minimum absolute atomic E-state index is 0.132. The Kier molecular flexibility index (Phi) is 11.2. The Morgan fingerprint density at radius 1 is 1.19 bits per heavy atom. The lowest BCUT2D eigenvalue weighted by Crippen LogP contribution is -2.45. The molecule has 0 unspecified atom stereocenters. The van der Waals surface area contributed by atoms with Gasteiger partial charge in [-0.3, -0.25) is 4.79 Å². The number of aliphatic carboxylic acids is 1. The molecule has 0 fully saturated rings. The fourth-order valence-electron chi connectivity index (χ4n) is 4.36. The molecule has 1 aliphatic heterocycles. The minimum atomic E-state index is -1.79. The third kappa shape index (κ3) is 8.77. The van der Waals surface area contributed by atoms with E-state index < -0.39 is 29.8 Å². The Morgan fingerprint density at radius 2 is 2.00 bits per heavy atom. The first-order valence-corrected chi connectivity index (χ1v) is 12.8. The van der Waals surface area contributed by atoms with Crippen molar-refractivity contribution in [2.24, 2.45) is 0 Å². The number of carboxylic acids is 1. The van der Waals surface area contributed by atoms with Crippen molar-refractivity contribution in [2.45, 2.75) is 50.7 Å². The van der Waals surface area contributed by atoms with Gasteiger partial charge in [0.2, 0.25) is 0 Å². The van der Waals surface area contributed by atoms with Gasteiger partial charge in [0.25, 0.3) is 5.91 Å². The molecule has 37 heavy (non-hydrogen) atoms. The molecule has 0 aliphatic carbocycles. The second-order valence-electron chi connectivity index (χ2n) is 9.24. The molecule has 0 saturated carbocycles. The van der Waals surface area contributed by atoms with Crippen LogP contribution in [0.15, 0.2) is 36.4 Å². The van der Waals surface area contributed by atoms with Crippen LogP contribution < -0.4 is 10.6 Å². The molecule has 0 bridgehead atoms. The first kappa shape index (κ1) is 28.5. The van der Waals surface area contributed by atoms with E-state index in [1.54, 1.807) is 7.11 Å². The van der Waals surface area contributed by atoms with Crippen molar-refractivity contribution in [3.8, 4) is 0 Å². The number of carbonyl (C=O) groups is 2. The van der Waals surface area contributed by atoms with Gasteiger partial charge in [-0.2, -0.15) is 0 Å². The summed E-state index contributed by atoms with van der Waals surface area (Å²) < 4.78 is 19.1. The minimum Gasteiger partial charge on any atom is -0.480 e. The maximum absolute atomic E-state index is 13.9. The summed E-state index contributed by atoms with van der Waals surface area (Å²) in [6.45, 7) is 3.23. The Bertz CT molecular complexity index is 1040. The molecule has 0 spiro atoms. The van der Waals surface area contributed by atoms with Crippen LogP contribution in [0.25, 0.3) is 0 Å². The summed E-state index contributed by atoms with van der Waals surface area (Å²) in [6, 6.07) is 8.38. The van der Waals surface area contributed by atoms with Crippen LogP contribution in [0.5, 0.6) is 0 Å². The highest BCUT2D eigenvalue weighted by molar-refractivity contribution is 5.87. The number of halogens is 1. The van der Waals surface area contributed by atoms with Gasteiger partial charge in [0.1, 0.15) is 17.7 Å². The first-order valence-electron chi connectivity index (χ1n) is 12.8. The average molecular weight is 517 g/mol. The number of unbranched alkanes of at least 4 members (excludes halogenated alkanes) is 1. The Labute approximate surface area is 217 Å². The highest BCUT2D eigenvalue weighted by Gasteiger charge is 2.27. The second-order valence-corrected chi connectivity index (χ2v) is 9.24. The van der Waals surface area contributed by atoms with Gasteiger partial charge in [-0.1, -0.05) is 24.3 Å². The van der Waals surface area contributed by atoms with Gasteiger partial charge < -0.3 is 30.5 Å². The van der Waals surface area contributed by atoms with Gasteiger partial charge in [0, 0.05) is 38.0 Å². The van der Waals surface area contributed by atoms with Gasteiger partial charge in [-0.15, -0.1) is 0 Å². The van der Waals surface area contributed by atoms with Crippen LogP contribution in [0.1, 0.15) is 48.6 Å². The maximum Gasteiger partial charge on any atom is 0.326 e. The van der Waals surface area contributed by atoms with Crippen LogP contribution in [0.3, 0.4) is 0 Å². The number of aliphatic hydroxyl groups is 1. The number of aryl methyl sites for hydroxylation is 2. The van der Waals surface area contributed by atoms with E-state index in [0.29, 0.717) is 19.7 Å². The lowest BCUT2D eigenvalue weighted by Gasteiger charge is -2.24. The van der Waals surface area contributed by atoms with Crippen LogP contribution in [0.2, 0.25) is 0 Å². The van der Waals surface area contributed by atoms with Gasteiger partial charge in [0.15, 0.2) is 6.10 Å². The topological polar surface area (TPSA) is 124 Å². The number of carbonyl (C=O) groups excluding carboxylic acids is 1. The lowest BCUT2D eigenvalue weighted by molar-refractivity contribution is -0.143. The summed E-state index contributed by atoms with van der Waals surface area (Å²) in [5, 5.41) is 25.5. The number of hydrogen-bond donors (Lipinski definition) is 4. The van der Waals surface area contributed by atoms with Gasteiger partial charge in [-0.25, -0.2) is 14.2 Å². The number of hydrogen-bond acceptors (Lipinski definition) is 7. The zero-order valence-electron chi connectivity index (χ0n) is 21.3. The molecular weight excluding hydrogens is 479 g/mol. The predicted molar refractivity (Wildman–Crippen MR) is 138 cm³/mol. The fraction of sp³-hybridized carbons (Fsp3) is 0.519.